The molecule has 0 aromatic carbocycles. The molecule has 0 aliphatic carbocycles. The standard InChI is InChI=1S/C9H16F5NOS/c1-8(2,3)17(16)15-6(7(10)11)4-5-9(12,13)14/h6-7,15H,4-5H2,1-3H3/t6?,17-/m1/s1. The number of alkyl halides is 5. The van der Waals surface area contributed by atoms with Gasteiger partial charge in [-0.25, -0.2) is 8.78 Å². The van der Waals surface area contributed by atoms with Gasteiger partial charge in [0.25, 0.3) is 6.43 Å². The number of hydrogen-bond acceptors (Lipinski definition) is 2. The number of hydrogen-bond donors (Lipinski definition) is 1. The van der Waals surface area contributed by atoms with Crippen molar-refractivity contribution in [2.75, 3.05) is 0 Å². The molecule has 0 spiro atoms. The summed E-state index contributed by atoms with van der Waals surface area (Å²) in [6.07, 6.45) is -9.58. The smallest absolute Gasteiger partial charge is 0.389 e. The van der Waals surface area contributed by atoms with Crippen LogP contribution in [0.3, 0.4) is 0 Å². The van der Waals surface area contributed by atoms with Gasteiger partial charge in [0.15, 0.2) is 0 Å². The molecule has 0 aromatic rings. The molecule has 0 aliphatic rings. The van der Waals surface area contributed by atoms with Gasteiger partial charge in [-0.05, 0) is 27.2 Å². The second-order valence-electron chi connectivity index (χ2n) is 4.59. The van der Waals surface area contributed by atoms with Crippen LogP contribution in [0, 0.1) is 0 Å². The first-order chi connectivity index (χ1) is 7.43. The molecule has 0 rings (SSSR count). The molecular weight excluding hydrogens is 265 g/mol. The van der Waals surface area contributed by atoms with Crippen molar-refractivity contribution >= 4 is 11.4 Å². The lowest BCUT2D eigenvalue weighted by atomic mass is 10.2. The lowest BCUT2D eigenvalue weighted by Gasteiger charge is -2.27. The zero-order valence-corrected chi connectivity index (χ0v) is 10.6. The molecule has 1 N–H and O–H groups in total. The summed E-state index contributed by atoms with van der Waals surface area (Å²) < 4.78 is 73.4. The van der Waals surface area contributed by atoms with E-state index in [-0.39, 0.29) is 0 Å². The molecule has 2 nitrogen and oxygen atoms in total. The molecule has 0 amide bonds. The largest absolute Gasteiger partial charge is 0.598 e. The Labute approximate surface area is 100 Å². The molecule has 1 unspecified atom stereocenters. The highest BCUT2D eigenvalue weighted by Gasteiger charge is 2.36. The third-order valence-electron chi connectivity index (χ3n) is 1.86. The van der Waals surface area contributed by atoms with E-state index in [0.29, 0.717) is 0 Å². The van der Waals surface area contributed by atoms with E-state index in [4.69, 9.17) is 0 Å². The van der Waals surface area contributed by atoms with E-state index in [9.17, 15) is 26.5 Å². The first-order valence-electron chi connectivity index (χ1n) is 4.96. The van der Waals surface area contributed by atoms with Gasteiger partial charge in [-0.1, -0.05) is 0 Å². The van der Waals surface area contributed by atoms with E-state index in [1.165, 1.54) is 0 Å². The topological polar surface area (TPSA) is 35.1 Å². The van der Waals surface area contributed by atoms with Gasteiger partial charge in [0.1, 0.15) is 10.8 Å². The Hall–Kier alpha value is -0.0800. The van der Waals surface area contributed by atoms with E-state index in [2.05, 4.69) is 4.72 Å². The Morgan fingerprint density at radius 3 is 1.94 bits per heavy atom. The quantitative estimate of drug-likeness (QED) is 0.621. The second kappa shape index (κ2) is 6.19. The van der Waals surface area contributed by atoms with Crippen LogP contribution in [0.15, 0.2) is 0 Å². The first kappa shape index (κ1) is 16.9. The monoisotopic (exact) mass is 281 g/mol. The first-order valence-corrected chi connectivity index (χ1v) is 6.11. The van der Waals surface area contributed by atoms with Crippen molar-refractivity contribution in [1.82, 2.24) is 4.72 Å². The summed E-state index contributed by atoms with van der Waals surface area (Å²) in [5.74, 6) is 0. The Morgan fingerprint density at radius 2 is 1.65 bits per heavy atom. The maximum absolute atomic E-state index is 12.5. The van der Waals surface area contributed by atoms with Gasteiger partial charge in [-0.15, -0.1) is 4.72 Å². The average molecular weight is 281 g/mol. The SMILES string of the molecule is CC(C)(C)[S@@+]([O-])NC(CCC(F)(F)F)C(F)F. The third-order valence-corrected chi connectivity index (χ3v) is 3.49. The second-order valence-corrected chi connectivity index (χ2v) is 6.59. The molecule has 0 radical (unpaired) electrons. The number of nitrogens with one attached hydrogen (secondary N) is 1. The summed E-state index contributed by atoms with van der Waals surface area (Å²) in [7, 11) is 0. The highest BCUT2D eigenvalue weighted by atomic mass is 32.2. The van der Waals surface area contributed by atoms with E-state index in [1.54, 1.807) is 20.8 Å². The van der Waals surface area contributed by atoms with Crippen molar-refractivity contribution in [1.29, 1.82) is 0 Å². The summed E-state index contributed by atoms with van der Waals surface area (Å²) in [5.41, 5.74) is 0. The fraction of sp³-hybridized carbons (Fsp3) is 1.00. The van der Waals surface area contributed by atoms with Crippen molar-refractivity contribution < 1.29 is 26.5 Å². The molecule has 8 heteroatoms. The molecule has 17 heavy (non-hydrogen) atoms. The molecular formula is C9H16F5NOS. The van der Waals surface area contributed by atoms with Gasteiger partial charge >= 0.3 is 6.18 Å². The minimum absolute atomic E-state index is 0.789. The molecule has 2 atom stereocenters. The molecule has 0 aliphatic heterocycles. The van der Waals surface area contributed by atoms with Crippen molar-refractivity contribution in [2.45, 2.75) is 57.0 Å². The molecule has 0 aromatic heterocycles. The Kier molecular flexibility index (Phi) is 6.16. The highest BCUT2D eigenvalue weighted by Crippen LogP contribution is 2.25. The van der Waals surface area contributed by atoms with Crippen LogP contribution in [-0.4, -0.2) is 27.9 Å². The Morgan fingerprint density at radius 1 is 1.18 bits per heavy atom. The van der Waals surface area contributed by atoms with Crippen molar-refractivity contribution in [3.8, 4) is 0 Å². The van der Waals surface area contributed by atoms with Gasteiger partial charge in [-0.2, -0.15) is 13.2 Å². The fourth-order valence-corrected chi connectivity index (χ4v) is 1.72. The van der Waals surface area contributed by atoms with E-state index in [0.717, 1.165) is 0 Å². The predicted molar refractivity (Wildman–Crippen MR) is 56.1 cm³/mol. The molecule has 0 bridgehead atoms. The summed E-state index contributed by atoms with van der Waals surface area (Å²) in [6.45, 7) is 4.63. The summed E-state index contributed by atoms with van der Waals surface area (Å²) >= 11 is -1.81. The summed E-state index contributed by atoms with van der Waals surface area (Å²) in [5, 5.41) is 0. The zero-order chi connectivity index (χ0) is 13.9. The van der Waals surface area contributed by atoms with Gasteiger partial charge in [0.2, 0.25) is 0 Å². The van der Waals surface area contributed by atoms with Crippen LogP contribution in [0.1, 0.15) is 33.6 Å². The Balaban J connectivity index is 4.36. The molecule has 0 saturated carbocycles. The van der Waals surface area contributed by atoms with Crippen LogP contribution >= 0.6 is 0 Å². The maximum Gasteiger partial charge on any atom is 0.389 e. The van der Waals surface area contributed by atoms with E-state index in [1.807, 2.05) is 0 Å². The normalized spacial score (nSPS) is 17.3. The van der Waals surface area contributed by atoms with Crippen LogP contribution in [0.5, 0.6) is 0 Å². The minimum Gasteiger partial charge on any atom is -0.598 e. The van der Waals surface area contributed by atoms with Gasteiger partial charge in [0, 0.05) is 17.8 Å². The van der Waals surface area contributed by atoms with Crippen LogP contribution in [0.4, 0.5) is 22.0 Å². The zero-order valence-electron chi connectivity index (χ0n) is 9.78. The van der Waals surface area contributed by atoms with Gasteiger partial charge in [-0.3, -0.25) is 0 Å². The predicted octanol–water partition coefficient (Wildman–Crippen LogP) is 3.01. The number of halogens is 5. The fourth-order valence-electron chi connectivity index (χ4n) is 0.870. The lowest BCUT2D eigenvalue weighted by molar-refractivity contribution is -0.138. The molecule has 0 heterocycles. The summed E-state index contributed by atoms with van der Waals surface area (Å²) in [6, 6.07) is -1.71. The van der Waals surface area contributed by atoms with E-state index >= 15 is 0 Å². The van der Waals surface area contributed by atoms with Crippen LogP contribution < -0.4 is 4.72 Å². The van der Waals surface area contributed by atoms with Crippen LogP contribution in [0.2, 0.25) is 0 Å². The van der Waals surface area contributed by atoms with Crippen LogP contribution in [0.25, 0.3) is 0 Å². The van der Waals surface area contributed by atoms with Crippen molar-refractivity contribution in [3.05, 3.63) is 0 Å². The van der Waals surface area contributed by atoms with Crippen molar-refractivity contribution in [3.63, 3.8) is 0 Å². The molecule has 0 saturated heterocycles. The minimum atomic E-state index is -4.49. The third kappa shape index (κ3) is 7.77. The Bertz CT molecular complexity index is 228. The highest BCUT2D eigenvalue weighted by molar-refractivity contribution is 7.90. The van der Waals surface area contributed by atoms with Gasteiger partial charge in [0.05, 0.1) is 0 Å². The average Bonchev–Trinajstić information content (AvgIpc) is 2.07. The molecule has 0 fully saturated rings. The van der Waals surface area contributed by atoms with Crippen LogP contribution in [-0.2, 0) is 11.4 Å². The molecule has 104 valence electrons. The lowest BCUT2D eigenvalue weighted by Crippen LogP contribution is -2.47. The number of rotatable bonds is 5. The van der Waals surface area contributed by atoms with Gasteiger partial charge < -0.3 is 4.55 Å². The summed E-state index contributed by atoms with van der Waals surface area (Å²) in [4.78, 5) is 0. The van der Waals surface area contributed by atoms with E-state index < -0.39 is 47.6 Å². The van der Waals surface area contributed by atoms with Crippen molar-refractivity contribution in [2.24, 2.45) is 0 Å². The maximum atomic E-state index is 12.5.